The molecule has 0 aliphatic carbocycles. The molecule has 16 nitrogen and oxygen atoms in total. The summed E-state index contributed by atoms with van der Waals surface area (Å²) >= 11 is 0. The van der Waals surface area contributed by atoms with Crippen LogP contribution >= 0.6 is 0 Å². The Morgan fingerprint density at radius 3 is 2.27 bits per heavy atom. The molecule has 0 spiro atoms. The lowest BCUT2D eigenvalue weighted by Crippen LogP contribution is -2.49. The minimum absolute atomic E-state index is 0.0504. The number of nitrogens with zero attached hydrogens (tertiary/aromatic N) is 1. The van der Waals surface area contributed by atoms with Crippen molar-refractivity contribution in [2.45, 2.75) is 78.3 Å². The molecule has 17 heteroatoms. The molecule has 0 aliphatic heterocycles. The zero-order valence-corrected chi connectivity index (χ0v) is 30.9. The van der Waals surface area contributed by atoms with Gasteiger partial charge in [-0.2, -0.15) is 5.06 Å². The number of ether oxygens (including phenoxy) is 1. The van der Waals surface area contributed by atoms with Crippen molar-refractivity contribution in [1.82, 2.24) is 21.0 Å². The number of aliphatic carboxylic acids is 2. The maximum absolute atomic E-state index is 13.6. The molecule has 1 aromatic heterocycles. The van der Waals surface area contributed by atoms with Gasteiger partial charge in [-0.15, -0.1) is 0 Å². The van der Waals surface area contributed by atoms with Crippen LogP contribution in [0.2, 0.25) is 0 Å². The molecule has 55 heavy (non-hydrogen) atoms. The number of aryl methyl sites for hydroxylation is 1. The second-order valence-corrected chi connectivity index (χ2v) is 12.4. The fourth-order valence-corrected chi connectivity index (χ4v) is 5.72. The van der Waals surface area contributed by atoms with Crippen molar-refractivity contribution in [3.8, 4) is 17.1 Å². The van der Waals surface area contributed by atoms with Crippen molar-refractivity contribution in [1.29, 1.82) is 0 Å². The third kappa shape index (κ3) is 12.1. The Kier molecular flexibility index (Phi) is 16.3. The molecule has 0 bridgehead atoms. The summed E-state index contributed by atoms with van der Waals surface area (Å²) in [5.74, 6) is -7.12. The second-order valence-electron chi connectivity index (χ2n) is 12.4. The molecule has 4 amide bonds. The first-order valence-electron chi connectivity index (χ1n) is 17.6. The smallest absolute Gasteiger partial charge is 0.363 e. The fourth-order valence-electron chi connectivity index (χ4n) is 5.72. The lowest BCUT2D eigenvalue weighted by Gasteiger charge is -2.32. The summed E-state index contributed by atoms with van der Waals surface area (Å²) < 4.78 is 24.9. The van der Waals surface area contributed by atoms with Crippen molar-refractivity contribution in [2.75, 3.05) is 13.3 Å². The SMILES string of the molecule is CCCCCC(C(=O)NCNC(=O)c1ccc(-c2ccc(C(=O)NC(CC(=O)O)C(=O)O)c(OCC)c2)o1)C(CC)N(C=O)OC(=O)c1ccc(F)cc1C. The number of carboxylic acids is 2. The summed E-state index contributed by atoms with van der Waals surface area (Å²) in [6.45, 7) is 6.71. The standard InChI is InChI=1S/C38H45FN4O12/c1-5-8-9-10-26(29(6-2)43(21-44)55-38(52)25-14-12-24(39)17-22(25)4)34(47)40-20-41-36(49)31-16-15-30(54-31)23-11-13-27(32(18-23)53-7-3)35(48)42-28(37(50)51)19-33(45)46/h11-18,21,26,28-29H,5-10,19-20H2,1-4H3,(H,40,47)(H,41,49)(H,42,48)(H,45,46)(H,50,51). The van der Waals surface area contributed by atoms with Gasteiger partial charge in [-0.3, -0.25) is 24.0 Å². The van der Waals surface area contributed by atoms with Gasteiger partial charge in [0.1, 0.15) is 23.4 Å². The Hall–Kier alpha value is -6.26. The molecular weight excluding hydrogens is 723 g/mol. The first-order chi connectivity index (χ1) is 26.2. The molecule has 2 aromatic carbocycles. The van der Waals surface area contributed by atoms with E-state index in [0.29, 0.717) is 30.4 Å². The fraction of sp³-hybridized carbons (Fsp3) is 0.395. The Morgan fingerprint density at radius 2 is 1.65 bits per heavy atom. The van der Waals surface area contributed by atoms with E-state index in [2.05, 4.69) is 16.0 Å². The predicted molar refractivity (Wildman–Crippen MR) is 193 cm³/mol. The van der Waals surface area contributed by atoms with Crippen LogP contribution in [0.3, 0.4) is 0 Å². The highest BCUT2D eigenvalue weighted by molar-refractivity contribution is 6.00. The van der Waals surface area contributed by atoms with Gasteiger partial charge in [0.05, 0.1) is 42.8 Å². The van der Waals surface area contributed by atoms with E-state index < -0.39 is 65.9 Å². The number of benzene rings is 2. The van der Waals surface area contributed by atoms with Crippen LogP contribution in [0.25, 0.3) is 11.3 Å². The van der Waals surface area contributed by atoms with E-state index in [1.807, 2.05) is 6.92 Å². The monoisotopic (exact) mass is 768 g/mol. The van der Waals surface area contributed by atoms with Crippen LogP contribution in [0.15, 0.2) is 52.9 Å². The van der Waals surface area contributed by atoms with Crippen molar-refractivity contribution >= 4 is 42.0 Å². The summed E-state index contributed by atoms with van der Waals surface area (Å²) in [4.78, 5) is 92.3. The lowest BCUT2D eigenvalue weighted by molar-refractivity contribution is -0.171. The van der Waals surface area contributed by atoms with Crippen molar-refractivity contribution in [3.05, 3.63) is 76.8 Å². The van der Waals surface area contributed by atoms with E-state index in [1.165, 1.54) is 43.3 Å². The van der Waals surface area contributed by atoms with Gasteiger partial charge in [-0.1, -0.05) is 39.2 Å². The van der Waals surface area contributed by atoms with Crippen LogP contribution in [0.4, 0.5) is 4.39 Å². The van der Waals surface area contributed by atoms with E-state index in [-0.39, 0.29) is 48.1 Å². The highest BCUT2D eigenvalue weighted by atomic mass is 19.1. The molecule has 1 heterocycles. The van der Waals surface area contributed by atoms with Crippen LogP contribution in [0, 0.1) is 18.7 Å². The van der Waals surface area contributed by atoms with Crippen LogP contribution in [0.1, 0.15) is 96.1 Å². The Balaban J connectivity index is 1.70. The molecular formula is C38H45FN4O12. The Bertz CT molecular complexity index is 1860. The second kappa shape index (κ2) is 20.8. The first-order valence-corrected chi connectivity index (χ1v) is 17.6. The van der Waals surface area contributed by atoms with Crippen molar-refractivity contribution in [2.24, 2.45) is 5.92 Å². The number of furan rings is 1. The Morgan fingerprint density at radius 1 is 0.927 bits per heavy atom. The number of rotatable bonds is 22. The topological polar surface area (TPSA) is 231 Å². The summed E-state index contributed by atoms with van der Waals surface area (Å²) in [7, 11) is 0. The van der Waals surface area contributed by atoms with Gasteiger partial charge < -0.3 is 40.2 Å². The van der Waals surface area contributed by atoms with E-state index >= 15 is 0 Å². The van der Waals surface area contributed by atoms with Gasteiger partial charge in [0.15, 0.2) is 5.76 Å². The van der Waals surface area contributed by atoms with Gasteiger partial charge in [0.2, 0.25) is 12.3 Å². The maximum Gasteiger partial charge on any atom is 0.363 e. The van der Waals surface area contributed by atoms with Gasteiger partial charge in [0, 0.05) is 5.56 Å². The number of unbranched alkanes of at least 4 members (excludes halogenated alkanes) is 2. The molecule has 3 rings (SSSR count). The number of hydrogen-bond acceptors (Lipinski definition) is 10. The molecule has 0 aliphatic rings. The highest BCUT2D eigenvalue weighted by Gasteiger charge is 2.34. The molecule has 3 aromatic rings. The summed E-state index contributed by atoms with van der Waals surface area (Å²) in [6, 6.07) is 8.09. The molecule has 296 valence electrons. The van der Waals surface area contributed by atoms with Gasteiger partial charge in [0.25, 0.3) is 11.8 Å². The normalized spacial score (nSPS) is 12.4. The number of carboxylic acid groups (broad SMARTS) is 2. The molecule has 5 N–H and O–H groups in total. The average molecular weight is 769 g/mol. The molecule has 0 saturated heterocycles. The van der Waals surface area contributed by atoms with E-state index in [0.717, 1.165) is 30.0 Å². The van der Waals surface area contributed by atoms with Gasteiger partial charge in [-0.05, 0) is 74.7 Å². The molecule has 0 fully saturated rings. The summed E-state index contributed by atoms with van der Waals surface area (Å²) in [5, 5.41) is 26.4. The highest BCUT2D eigenvalue weighted by Crippen LogP contribution is 2.29. The lowest BCUT2D eigenvalue weighted by atomic mass is 9.90. The number of carbonyl (C=O) groups excluding carboxylic acids is 5. The van der Waals surface area contributed by atoms with E-state index in [1.54, 1.807) is 13.8 Å². The number of carbonyl (C=O) groups is 7. The third-order valence-electron chi connectivity index (χ3n) is 8.50. The minimum atomic E-state index is -1.68. The Labute approximate surface area is 316 Å². The maximum atomic E-state index is 13.6. The molecule has 0 radical (unpaired) electrons. The van der Waals surface area contributed by atoms with Gasteiger partial charge >= 0.3 is 17.9 Å². The number of halogens is 1. The van der Waals surface area contributed by atoms with E-state index in [9.17, 15) is 43.1 Å². The number of nitrogens with one attached hydrogen (secondary N) is 3. The van der Waals surface area contributed by atoms with Crippen molar-refractivity contribution in [3.63, 3.8) is 0 Å². The average Bonchev–Trinajstić information content (AvgIpc) is 3.64. The summed E-state index contributed by atoms with van der Waals surface area (Å²) in [5.41, 5.74) is 0.696. The third-order valence-corrected chi connectivity index (χ3v) is 8.50. The summed E-state index contributed by atoms with van der Waals surface area (Å²) in [6.07, 6.45) is 2.36. The van der Waals surface area contributed by atoms with Crippen LogP contribution in [-0.4, -0.2) is 82.7 Å². The minimum Gasteiger partial charge on any atom is -0.493 e. The largest absolute Gasteiger partial charge is 0.493 e. The van der Waals surface area contributed by atoms with Crippen molar-refractivity contribution < 1.29 is 62.2 Å². The zero-order valence-electron chi connectivity index (χ0n) is 30.9. The molecule has 3 atom stereocenters. The number of amides is 4. The van der Waals surface area contributed by atoms with Crippen LogP contribution in [0.5, 0.6) is 5.75 Å². The quantitative estimate of drug-likeness (QED) is 0.0413. The molecule has 0 saturated carbocycles. The van der Waals surface area contributed by atoms with Crippen LogP contribution in [-0.2, 0) is 24.0 Å². The number of hydroxylamine groups is 2. The van der Waals surface area contributed by atoms with Gasteiger partial charge in [-0.25, -0.2) is 14.0 Å². The number of hydrogen-bond donors (Lipinski definition) is 5. The van der Waals surface area contributed by atoms with Crippen LogP contribution < -0.4 is 20.7 Å². The zero-order chi connectivity index (χ0) is 40.7. The predicted octanol–water partition coefficient (Wildman–Crippen LogP) is 4.46. The molecule has 3 unspecified atom stereocenters. The first kappa shape index (κ1) is 43.1. The van der Waals surface area contributed by atoms with E-state index in [4.69, 9.17) is 19.1 Å².